The third kappa shape index (κ3) is 2.76. The lowest BCUT2D eigenvalue weighted by molar-refractivity contribution is -0.147. The second-order valence-corrected chi connectivity index (χ2v) is 6.35. The van der Waals surface area contributed by atoms with Gasteiger partial charge in [0.1, 0.15) is 5.92 Å². The van der Waals surface area contributed by atoms with Gasteiger partial charge in [-0.25, -0.2) is 0 Å². The van der Waals surface area contributed by atoms with Crippen molar-refractivity contribution in [3.8, 4) is 0 Å². The van der Waals surface area contributed by atoms with E-state index in [4.69, 9.17) is 16.3 Å². The van der Waals surface area contributed by atoms with Crippen LogP contribution < -0.4 is 10.9 Å². The number of halogens is 1. The van der Waals surface area contributed by atoms with Gasteiger partial charge in [0, 0.05) is 10.6 Å². The number of hydrogen-bond donors (Lipinski definition) is 3. The number of amides is 2. The predicted molar refractivity (Wildman–Crippen MR) is 84.1 cm³/mol. The van der Waals surface area contributed by atoms with E-state index >= 15 is 0 Å². The first-order chi connectivity index (χ1) is 11.3. The maximum Gasteiger partial charge on any atom is 0.310 e. The third-order valence-corrected chi connectivity index (χ3v) is 4.56. The molecule has 0 aliphatic carbocycles. The van der Waals surface area contributed by atoms with E-state index in [1.807, 2.05) is 0 Å². The molecule has 1 fully saturated rings. The summed E-state index contributed by atoms with van der Waals surface area (Å²) in [5, 5.41) is 9.84. The van der Waals surface area contributed by atoms with Gasteiger partial charge in [-0.2, -0.15) is 0 Å². The Bertz CT molecular complexity index is 732. The van der Waals surface area contributed by atoms with Crippen molar-refractivity contribution in [1.29, 1.82) is 0 Å². The smallest absolute Gasteiger partial charge is 0.310 e. The fraction of sp³-hybridized carbons (Fsp3) is 0.312. The van der Waals surface area contributed by atoms with Gasteiger partial charge in [-0.15, -0.1) is 0 Å². The van der Waals surface area contributed by atoms with E-state index in [9.17, 15) is 19.5 Å². The molecule has 8 heteroatoms. The summed E-state index contributed by atoms with van der Waals surface area (Å²) in [4.78, 5) is 35.9. The first-order valence-electron chi connectivity index (χ1n) is 7.27. The number of hydrazine groups is 1. The molecule has 0 aromatic heterocycles. The van der Waals surface area contributed by atoms with Gasteiger partial charge in [0.25, 0.3) is 5.91 Å². The summed E-state index contributed by atoms with van der Waals surface area (Å²) in [6.45, 7) is 1.65. The quantitative estimate of drug-likeness (QED) is 0.560. The lowest BCUT2D eigenvalue weighted by atomic mass is 9.76. The summed E-state index contributed by atoms with van der Waals surface area (Å²) in [6, 6.07) is 6.12. The number of hydrogen-bond acceptors (Lipinski definition) is 4. The molecule has 1 aromatic rings. The second kappa shape index (κ2) is 5.92. The largest absolute Gasteiger partial charge is 0.481 e. The van der Waals surface area contributed by atoms with E-state index in [1.54, 1.807) is 31.2 Å². The molecule has 0 unspecified atom stereocenters. The lowest BCUT2D eigenvalue weighted by Crippen LogP contribution is -2.52. The van der Waals surface area contributed by atoms with Gasteiger partial charge in [-0.1, -0.05) is 23.8 Å². The standard InChI is InChI=1S/C16H15ClN2O5/c1-16-7-6-10(24-16)11(15(22)23)12(16)14(21)19-18-13(20)8-2-4-9(17)5-3-8/h2-7,10-12H,1H3,(H,18,20)(H,19,21)(H,22,23)/t10-,11+,12-,16+/m1/s1. The number of nitrogens with one attached hydrogen (secondary N) is 2. The molecule has 7 nitrogen and oxygen atoms in total. The summed E-state index contributed by atoms with van der Waals surface area (Å²) in [5.41, 5.74) is 3.87. The molecule has 2 aliphatic heterocycles. The molecule has 2 heterocycles. The second-order valence-electron chi connectivity index (χ2n) is 5.92. The van der Waals surface area contributed by atoms with Crippen molar-refractivity contribution >= 4 is 29.4 Å². The highest BCUT2D eigenvalue weighted by molar-refractivity contribution is 6.30. The molecule has 3 rings (SSSR count). The fourth-order valence-corrected chi connectivity index (χ4v) is 3.28. The van der Waals surface area contributed by atoms with Gasteiger partial charge in [0.05, 0.1) is 17.6 Å². The zero-order chi connectivity index (χ0) is 17.5. The highest BCUT2D eigenvalue weighted by Crippen LogP contribution is 2.46. The van der Waals surface area contributed by atoms with Crippen LogP contribution in [0.2, 0.25) is 5.02 Å². The van der Waals surface area contributed by atoms with Gasteiger partial charge < -0.3 is 9.84 Å². The predicted octanol–water partition coefficient (Wildman–Crippen LogP) is 1.15. The molecule has 1 aromatic carbocycles. The number of carbonyl (C=O) groups is 3. The van der Waals surface area contributed by atoms with Crippen LogP contribution in [0.4, 0.5) is 0 Å². The van der Waals surface area contributed by atoms with Gasteiger partial charge >= 0.3 is 5.97 Å². The van der Waals surface area contributed by atoms with Gasteiger partial charge in [0.2, 0.25) is 5.91 Å². The van der Waals surface area contributed by atoms with Crippen LogP contribution in [0.25, 0.3) is 0 Å². The third-order valence-electron chi connectivity index (χ3n) is 4.31. The highest BCUT2D eigenvalue weighted by Gasteiger charge is 2.59. The average molecular weight is 351 g/mol. The van der Waals surface area contributed by atoms with Crippen molar-refractivity contribution in [2.75, 3.05) is 0 Å². The monoisotopic (exact) mass is 350 g/mol. The number of benzene rings is 1. The van der Waals surface area contributed by atoms with E-state index in [-0.39, 0.29) is 0 Å². The number of aliphatic carboxylic acids is 1. The first kappa shape index (κ1) is 16.5. The Morgan fingerprint density at radius 1 is 1.21 bits per heavy atom. The van der Waals surface area contributed by atoms with Crippen LogP contribution in [0.3, 0.4) is 0 Å². The zero-order valence-corrected chi connectivity index (χ0v) is 13.4. The van der Waals surface area contributed by atoms with E-state index in [1.165, 1.54) is 12.1 Å². The molecule has 2 bridgehead atoms. The van der Waals surface area contributed by atoms with E-state index < -0.39 is 41.3 Å². The van der Waals surface area contributed by atoms with Crippen molar-refractivity contribution in [3.63, 3.8) is 0 Å². The summed E-state index contributed by atoms with van der Waals surface area (Å²) in [6.07, 6.45) is 2.69. The lowest BCUT2D eigenvalue weighted by Gasteiger charge is -2.27. The SMILES string of the molecule is C[C@@]12C=C[C@@H](O1)[C@H](C(=O)O)[C@@H]2C(=O)NNC(=O)c1ccc(Cl)cc1. The molecule has 2 aliphatic rings. The summed E-state index contributed by atoms with van der Waals surface area (Å²) >= 11 is 5.75. The molecule has 2 amide bonds. The number of fused-ring (bicyclic) bond motifs is 2. The molecule has 24 heavy (non-hydrogen) atoms. The van der Waals surface area contributed by atoms with Crippen LogP contribution in [0.5, 0.6) is 0 Å². The number of ether oxygens (including phenoxy) is 1. The Labute approximate surface area is 142 Å². The molecule has 0 saturated carbocycles. The zero-order valence-electron chi connectivity index (χ0n) is 12.7. The van der Waals surface area contributed by atoms with E-state index in [2.05, 4.69) is 10.9 Å². The Balaban J connectivity index is 1.68. The average Bonchev–Trinajstić information content (AvgIpc) is 3.06. The minimum Gasteiger partial charge on any atom is -0.481 e. The molecule has 4 atom stereocenters. The Hall–Kier alpha value is -2.38. The van der Waals surface area contributed by atoms with Crippen LogP contribution in [-0.2, 0) is 14.3 Å². The minimum absolute atomic E-state index is 0.310. The van der Waals surface area contributed by atoms with Gasteiger partial charge in [-0.3, -0.25) is 25.2 Å². The van der Waals surface area contributed by atoms with Crippen LogP contribution in [0.1, 0.15) is 17.3 Å². The number of rotatable bonds is 3. The highest BCUT2D eigenvalue weighted by atomic mass is 35.5. The fourth-order valence-electron chi connectivity index (χ4n) is 3.15. The van der Waals surface area contributed by atoms with Crippen LogP contribution in [0, 0.1) is 11.8 Å². The maximum atomic E-state index is 12.4. The summed E-state index contributed by atoms with van der Waals surface area (Å²) in [7, 11) is 0. The first-order valence-corrected chi connectivity index (χ1v) is 7.65. The topological polar surface area (TPSA) is 105 Å². The molecular formula is C16H15ClN2O5. The van der Waals surface area contributed by atoms with Gasteiger partial charge in [-0.05, 0) is 31.2 Å². The maximum absolute atomic E-state index is 12.4. The van der Waals surface area contributed by atoms with Crippen molar-refractivity contribution < 1.29 is 24.2 Å². The molecule has 0 radical (unpaired) electrons. The molecule has 3 N–H and O–H groups in total. The molecular weight excluding hydrogens is 336 g/mol. The molecule has 126 valence electrons. The Kier molecular flexibility index (Phi) is 4.06. The van der Waals surface area contributed by atoms with Crippen molar-refractivity contribution in [3.05, 3.63) is 47.0 Å². The Morgan fingerprint density at radius 2 is 1.88 bits per heavy atom. The van der Waals surface area contributed by atoms with Crippen molar-refractivity contribution in [2.45, 2.75) is 18.6 Å². The van der Waals surface area contributed by atoms with Crippen LogP contribution in [0.15, 0.2) is 36.4 Å². The van der Waals surface area contributed by atoms with Crippen molar-refractivity contribution in [2.24, 2.45) is 11.8 Å². The number of carboxylic acids is 1. The molecule has 1 saturated heterocycles. The summed E-state index contributed by atoms with van der Waals surface area (Å²) < 4.78 is 5.59. The number of carboxylic acid groups (broad SMARTS) is 1. The van der Waals surface area contributed by atoms with E-state index in [0.29, 0.717) is 10.6 Å². The van der Waals surface area contributed by atoms with Crippen LogP contribution >= 0.6 is 11.6 Å². The number of carbonyl (C=O) groups excluding carboxylic acids is 2. The van der Waals surface area contributed by atoms with Gasteiger partial charge in [0.15, 0.2) is 0 Å². The normalized spacial score (nSPS) is 30.2. The molecule has 0 spiro atoms. The minimum atomic E-state index is -1.11. The Morgan fingerprint density at radius 3 is 2.50 bits per heavy atom. The summed E-state index contributed by atoms with van der Waals surface area (Å²) in [5.74, 6) is -4.18. The van der Waals surface area contributed by atoms with Crippen LogP contribution in [-0.4, -0.2) is 34.6 Å². The van der Waals surface area contributed by atoms with Crippen molar-refractivity contribution in [1.82, 2.24) is 10.9 Å². The van der Waals surface area contributed by atoms with E-state index in [0.717, 1.165) is 0 Å².